The minimum Gasteiger partial charge on any atom is -0.398 e. The van der Waals surface area contributed by atoms with Crippen LogP contribution in [0, 0.1) is 0 Å². The molecule has 0 saturated carbocycles. The van der Waals surface area contributed by atoms with Crippen LogP contribution in [0.15, 0.2) is 24.3 Å². The van der Waals surface area contributed by atoms with E-state index in [0.29, 0.717) is 27.3 Å². The van der Waals surface area contributed by atoms with Gasteiger partial charge in [-0.15, -0.1) is 11.3 Å². The van der Waals surface area contributed by atoms with Gasteiger partial charge in [0.2, 0.25) is 0 Å². The minimum atomic E-state index is -0.0776. The first-order chi connectivity index (χ1) is 9.56. The summed E-state index contributed by atoms with van der Waals surface area (Å²) in [5.74, 6) is -0.0776. The summed E-state index contributed by atoms with van der Waals surface area (Å²) in [5.41, 5.74) is 9.48. The summed E-state index contributed by atoms with van der Waals surface area (Å²) >= 11 is 13.2. The van der Waals surface area contributed by atoms with Gasteiger partial charge in [-0.1, -0.05) is 35.3 Å². The molecule has 1 aliphatic heterocycles. The van der Waals surface area contributed by atoms with Crippen LogP contribution in [0.5, 0.6) is 0 Å². The number of carbonyl (C=O) groups excluding carboxylic acids is 1. The van der Waals surface area contributed by atoms with Crippen LogP contribution in [0.4, 0.5) is 5.69 Å². The number of benzene rings is 1. The quantitative estimate of drug-likeness (QED) is 0.809. The van der Waals surface area contributed by atoms with E-state index in [0.717, 1.165) is 23.2 Å². The molecule has 2 heterocycles. The Morgan fingerprint density at radius 3 is 2.85 bits per heavy atom. The Kier molecular flexibility index (Phi) is 3.63. The van der Waals surface area contributed by atoms with Crippen molar-refractivity contribution in [3.8, 4) is 0 Å². The van der Waals surface area contributed by atoms with Crippen LogP contribution in [0.2, 0.25) is 8.67 Å². The summed E-state index contributed by atoms with van der Waals surface area (Å²) in [6, 6.07) is 7.45. The Morgan fingerprint density at radius 1 is 1.35 bits per heavy atom. The largest absolute Gasteiger partial charge is 0.398 e. The number of rotatable bonds is 1. The number of hydrogen-bond donors (Lipinski definition) is 1. The van der Waals surface area contributed by atoms with Gasteiger partial charge < -0.3 is 10.6 Å². The van der Waals surface area contributed by atoms with Crippen molar-refractivity contribution in [3.63, 3.8) is 0 Å². The highest BCUT2D eigenvalue weighted by Crippen LogP contribution is 2.33. The van der Waals surface area contributed by atoms with Gasteiger partial charge in [0.25, 0.3) is 5.91 Å². The molecule has 0 fully saturated rings. The van der Waals surface area contributed by atoms with E-state index in [1.54, 1.807) is 11.0 Å². The molecular formula is C14H12Cl2N2OS. The molecule has 0 aliphatic carbocycles. The van der Waals surface area contributed by atoms with E-state index in [1.165, 1.54) is 11.3 Å². The van der Waals surface area contributed by atoms with Crippen molar-refractivity contribution in [2.45, 2.75) is 13.0 Å². The maximum absolute atomic E-state index is 12.5. The molecule has 0 radical (unpaired) electrons. The van der Waals surface area contributed by atoms with Crippen molar-refractivity contribution in [2.24, 2.45) is 0 Å². The Morgan fingerprint density at radius 2 is 2.15 bits per heavy atom. The summed E-state index contributed by atoms with van der Waals surface area (Å²) in [4.78, 5) is 14.3. The molecule has 1 aromatic heterocycles. The van der Waals surface area contributed by atoms with Crippen LogP contribution in [-0.2, 0) is 13.0 Å². The Balaban J connectivity index is 1.87. The summed E-state index contributed by atoms with van der Waals surface area (Å²) in [7, 11) is 0. The number of halogens is 2. The first-order valence-corrected chi connectivity index (χ1v) is 7.74. The van der Waals surface area contributed by atoms with Crippen LogP contribution in [-0.4, -0.2) is 17.4 Å². The maximum atomic E-state index is 12.5. The van der Waals surface area contributed by atoms with Crippen LogP contribution in [0.3, 0.4) is 0 Å². The van der Waals surface area contributed by atoms with Gasteiger partial charge in [0.15, 0.2) is 0 Å². The molecule has 0 atom stereocenters. The lowest BCUT2D eigenvalue weighted by molar-refractivity contribution is 0.0735. The molecule has 0 bridgehead atoms. The molecular weight excluding hydrogens is 315 g/mol. The van der Waals surface area contributed by atoms with Crippen LogP contribution in [0.25, 0.3) is 0 Å². The third-order valence-electron chi connectivity index (χ3n) is 3.48. The molecule has 1 amide bonds. The lowest BCUT2D eigenvalue weighted by Crippen LogP contribution is -2.36. The summed E-state index contributed by atoms with van der Waals surface area (Å²) in [6.07, 6.45) is 0.767. The molecule has 20 heavy (non-hydrogen) atoms. The van der Waals surface area contributed by atoms with Crippen LogP contribution < -0.4 is 5.73 Å². The molecule has 3 nitrogen and oxygen atoms in total. The smallest absolute Gasteiger partial charge is 0.256 e. The van der Waals surface area contributed by atoms with E-state index in [2.05, 4.69) is 0 Å². The summed E-state index contributed by atoms with van der Waals surface area (Å²) in [6.45, 7) is 1.20. The predicted octanol–water partition coefficient (Wildman–Crippen LogP) is 3.84. The van der Waals surface area contributed by atoms with E-state index >= 15 is 0 Å². The van der Waals surface area contributed by atoms with Gasteiger partial charge >= 0.3 is 0 Å². The number of carbonyl (C=O) groups is 1. The number of hydrogen-bond acceptors (Lipinski definition) is 3. The van der Waals surface area contributed by atoms with Crippen molar-refractivity contribution in [1.82, 2.24) is 4.90 Å². The van der Waals surface area contributed by atoms with Crippen molar-refractivity contribution in [3.05, 3.63) is 49.6 Å². The zero-order valence-corrected chi connectivity index (χ0v) is 12.9. The molecule has 2 N–H and O–H groups in total. The standard InChI is InChI=1S/C14H12Cl2N2OS/c15-12-6-10(13(16)20-12)14(19)18-5-4-9-8(7-18)2-1-3-11(9)17/h1-3,6H,4-5,7,17H2. The normalized spacial score (nSPS) is 14.2. The van der Waals surface area contributed by atoms with Crippen LogP contribution in [0.1, 0.15) is 21.5 Å². The first kappa shape index (κ1) is 13.7. The third-order valence-corrected chi connectivity index (χ3v) is 4.96. The lowest BCUT2D eigenvalue weighted by atomic mass is 9.97. The molecule has 0 saturated heterocycles. The second-order valence-electron chi connectivity index (χ2n) is 4.70. The molecule has 104 valence electrons. The molecule has 1 aromatic carbocycles. The number of amides is 1. The number of anilines is 1. The summed E-state index contributed by atoms with van der Waals surface area (Å²) < 4.78 is 0.971. The zero-order valence-electron chi connectivity index (χ0n) is 10.5. The number of nitrogens with two attached hydrogens (primary N) is 1. The second-order valence-corrected chi connectivity index (χ2v) is 6.99. The van der Waals surface area contributed by atoms with Gasteiger partial charge in [0.1, 0.15) is 4.34 Å². The van der Waals surface area contributed by atoms with Crippen molar-refractivity contribution < 1.29 is 4.79 Å². The Hall–Kier alpha value is -1.23. The van der Waals surface area contributed by atoms with E-state index in [9.17, 15) is 4.79 Å². The molecule has 2 aromatic rings. The third kappa shape index (κ3) is 2.39. The highest BCUT2D eigenvalue weighted by atomic mass is 35.5. The number of nitrogen functional groups attached to an aromatic ring is 1. The van der Waals surface area contributed by atoms with E-state index in [4.69, 9.17) is 28.9 Å². The SMILES string of the molecule is Nc1cccc2c1CCN(C(=O)c1cc(Cl)sc1Cl)C2. The fourth-order valence-corrected chi connectivity index (χ4v) is 3.92. The fraction of sp³-hybridized carbons (Fsp3) is 0.214. The van der Waals surface area contributed by atoms with Gasteiger partial charge in [-0.2, -0.15) is 0 Å². The van der Waals surface area contributed by atoms with Gasteiger partial charge in [-0.3, -0.25) is 4.79 Å². The van der Waals surface area contributed by atoms with Crippen molar-refractivity contribution in [2.75, 3.05) is 12.3 Å². The number of nitrogens with zero attached hydrogens (tertiary/aromatic N) is 1. The zero-order chi connectivity index (χ0) is 14.3. The highest BCUT2D eigenvalue weighted by molar-refractivity contribution is 7.20. The van der Waals surface area contributed by atoms with Crippen molar-refractivity contribution >= 4 is 46.1 Å². The van der Waals surface area contributed by atoms with Gasteiger partial charge in [0.05, 0.1) is 9.90 Å². The lowest BCUT2D eigenvalue weighted by Gasteiger charge is -2.29. The monoisotopic (exact) mass is 326 g/mol. The first-order valence-electron chi connectivity index (χ1n) is 6.16. The molecule has 0 unspecified atom stereocenters. The number of thiophene rings is 1. The average molecular weight is 327 g/mol. The Bertz CT molecular complexity index is 684. The summed E-state index contributed by atoms with van der Waals surface area (Å²) in [5, 5.41) is 0. The van der Waals surface area contributed by atoms with Crippen LogP contribution >= 0.6 is 34.5 Å². The second kappa shape index (κ2) is 5.28. The average Bonchev–Trinajstić information content (AvgIpc) is 2.77. The molecule has 0 spiro atoms. The van der Waals surface area contributed by atoms with Gasteiger partial charge in [-0.25, -0.2) is 0 Å². The number of fused-ring (bicyclic) bond motifs is 1. The van der Waals surface area contributed by atoms with Gasteiger partial charge in [0, 0.05) is 18.8 Å². The highest BCUT2D eigenvalue weighted by Gasteiger charge is 2.25. The molecule has 1 aliphatic rings. The Labute approximate surface area is 130 Å². The van der Waals surface area contributed by atoms with E-state index < -0.39 is 0 Å². The molecule has 6 heteroatoms. The predicted molar refractivity (Wildman–Crippen MR) is 83.6 cm³/mol. The topological polar surface area (TPSA) is 46.3 Å². The van der Waals surface area contributed by atoms with Crippen molar-refractivity contribution in [1.29, 1.82) is 0 Å². The van der Waals surface area contributed by atoms with E-state index in [1.807, 2.05) is 18.2 Å². The fourth-order valence-electron chi connectivity index (χ4n) is 2.47. The minimum absolute atomic E-state index is 0.0776. The maximum Gasteiger partial charge on any atom is 0.256 e. The van der Waals surface area contributed by atoms with Gasteiger partial charge in [-0.05, 0) is 29.7 Å². The van der Waals surface area contributed by atoms with E-state index in [-0.39, 0.29) is 5.91 Å². The molecule has 3 rings (SSSR count).